The monoisotopic (exact) mass is 279 g/mol. The maximum Gasteiger partial charge on any atom is 0.273 e. The molecule has 1 saturated heterocycles. The summed E-state index contributed by atoms with van der Waals surface area (Å²) in [5, 5.41) is 14.8. The van der Waals surface area contributed by atoms with E-state index in [1.54, 1.807) is 30.8 Å². The van der Waals surface area contributed by atoms with Crippen LogP contribution in [0.2, 0.25) is 0 Å². The van der Waals surface area contributed by atoms with Crippen LogP contribution in [0.4, 0.5) is 5.69 Å². The van der Waals surface area contributed by atoms with Crippen LogP contribution in [0.25, 0.3) is 0 Å². The zero-order chi connectivity index (χ0) is 13.8. The van der Waals surface area contributed by atoms with Crippen molar-refractivity contribution in [2.24, 2.45) is 5.10 Å². The molecule has 0 radical (unpaired) electrons. The third-order valence-corrected chi connectivity index (χ3v) is 3.82. The van der Waals surface area contributed by atoms with E-state index in [1.807, 2.05) is 0 Å². The minimum Gasteiger partial charge on any atom is -0.267 e. The van der Waals surface area contributed by atoms with Gasteiger partial charge in [-0.1, -0.05) is 6.07 Å². The van der Waals surface area contributed by atoms with E-state index in [2.05, 4.69) is 10.5 Å². The van der Waals surface area contributed by atoms with Gasteiger partial charge in [-0.3, -0.25) is 14.9 Å². The van der Waals surface area contributed by atoms with Gasteiger partial charge in [-0.15, -0.1) is 0 Å². The fourth-order valence-electron chi connectivity index (χ4n) is 1.68. The lowest BCUT2D eigenvalue weighted by Gasteiger charge is -2.02. The second-order valence-electron chi connectivity index (χ2n) is 4.18. The SMILES string of the molecule is Cc1ccc(C(=O)N/N=C2/CCSC2)cc1[N+](=O)[O-]. The maximum atomic E-state index is 11.8. The Morgan fingerprint density at radius 1 is 1.53 bits per heavy atom. The van der Waals surface area contributed by atoms with Crippen LogP contribution >= 0.6 is 11.8 Å². The molecule has 0 aromatic heterocycles. The number of carbonyl (C=O) groups is 1. The molecule has 0 unspecified atom stereocenters. The highest BCUT2D eigenvalue weighted by Crippen LogP contribution is 2.19. The van der Waals surface area contributed by atoms with E-state index in [0.29, 0.717) is 5.56 Å². The number of hydrogen-bond donors (Lipinski definition) is 1. The van der Waals surface area contributed by atoms with Crippen molar-refractivity contribution in [3.63, 3.8) is 0 Å². The molecule has 1 aliphatic rings. The summed E-state index contributed by atoms with van der Waals surface area (Å²) in [5.74, 6) is 1.42. The first-order valence-electron chi connectivity index (χ1n) is 5.76. The molecule has 0 atom stereocenters. The van der Waals surface area contributed by atoms with Crippen molar-refractivity contribution in [3.05, 3.63) is 39.4 Å². The van der Waals surface area contributed by atoms with Crippen molar-refractivity contribution in [1.29, 1.82) is 0 Å². The zero-order valence-electron chi connectivity index (χ0n) is 10.4. The van der Waals surface area contributed by atoms with Crippen LogP contribution in [0.5, 0.6) is 0 Å². The summed E-state index contributed by atoms with van der Waals surface area (Å²) < 4.78 is 0. The van der Waals surface area contributed by atoms with Crippen LogP contribution in [-0.2, 0) is 0 Å². The predicted molar refractivity (Wildman–Crippen MR) is 74.7 cm³/mol. The van der Waals surface area contributed by atoms with Crippen LogP contribution in [0.15, 0.2) is 23.3 Å². The number of thioether (sulfide) groups is 1. The molecule has 0 aliphatic carbocycles. The van der Waals surface area contributed by atoms with E-state index >= 15 is 0 Å². The number of nitrogens with zero attached hydrogens (tertiary/aromatic N) is 2. The second kappa shape index (κ2) is 5.83. The molecular weight excluding hydrogens is 266 g/mol. The fourth-order valence-corrected chi connectivity index (χ4v) is 2.65. The van der Waals surface area contributed by atoms with E-state index < -0.39 is 10.8 Å². The summed E-state index contributed by atoms with van der Waals surface area (Å²) in [6.45, 7) is 1.63. The molecule has 1 aliphatic heterocycles. The van der Waals surface area contributed by atoms with Gasteiger partial charge in [0.2, 0.25) is 0 Å². The Balaban J connectivity index is 2.12. The molecule has 6 nitrogen and oxygen atoms in total. The van der Waals surface area contributed by atoms with Crippen LogP contribution in [0, 0.1) is 17.0 Å². The number of amides is 1. The van der Waals surface area contributed by atoms with Crippen LogP contribution < -0.4 is 5.43 Å². The largest absolute Gasteiger partial charge is 0.273 e. The number of hydrogen-bond acceptors (Lipinski definition) is 5. The van der Waals surface area contributed by atoms with Crippen LogP contribution in [-0.4, -0.2) is 28.0 Å². The number of nitro benzene ring substituents is 1. The number of benzene rings is 1. The fraction of sp³-hybridized carbons (Fsp3) is 0.333. The van der Waals surface area contributed by atoms with Crippen molar-refractivity contribution < 1.29 is 9.72 Å². The third-order valence-electron chi connectivity index (χ3n) is 2.79. The van der Waals surface area contributed by atoms with E-state index in [1.165, 1.54) is 6.07 Å². The number of aryl methyl sites for hydroxylation is 1. The zero-order valence-corrected chi connectivity index (χ0v) is 11.2. The quantitative estimate of drug-likeness (QED) is 0.678. The van der Waals surface area contributed by atoms with Gasteiger partial charge in [0.05, 0.1) is 4.92 Å². The number of rotatable bonds is 3. The van der Waals surface area contributed by atoms with Gasteiger partial charge in [0.15, 0.2) is 0 Å². The summed E-state index contributed by atoms with van der Waals surface area (Å²) in [4.78, 5) is 22.2. The lowest BCUT2D eigenvalue weighted by atomic mass is 10.1. The summed E-state index contributed by atoms with van der Waals surface area (Å²) in [5.41, 5.74) is 4.10. The van der Waals surface area contributed by atoms with Gasteiger partial charge < -0.3 is 0 Å². The Kier molecular flexibility index (Phi) is 4.16. The summed E-state index contributed by atoms with van der Waals surface area (Å²) >= 11 is 1.77. The summed E-state index contributed by atoms with van der Waals surface area (Å²) in [7, 11) is 0. The highest BCUT2D eigenvalue weighted by Gasteiger charge is 2.15. The topological polar surface area (TPSA) is 84.6 Å². The smallest absolute Gasteiger partial charge is 0.267 e. The first-order chi connectivity index (χ1) is 9.08. The molecule has 1 aromatic rings. The minimum atomic E-state index is -0.494. The molecule has 1 heterocycles. The van der Waals surface area contributed by atoms with Gasteiger partial charge in [-0.2, -0.15) is 16.9 Å². The molecule has 0 spiro atoms. The molecule has 2 rings (SSSR count). The van der Waals surface area contributed by atoms with Crippen molar-refractivity contribution in [1.82, 2.24) is 5.43 Å². The van der Waals surface area contributed by atoms with Crippen molar-refractivity contribution in [2.75, 3.05) is 11.5 Å². The van der Waals surface area contributed by atoms with Gasteiger partial charge in [-0.05, 0) is 25.2 Å². The Labute approximate surface area is 114 Å². The molecular formula is C12H13N3O3S. The molecule has 100 valence electrons. The summed E-state index contributed by atoms with van der Waals surface area (Å²) in [6, 6.07) is 4.39. The normalized spacial score (nSPS) is 16.6. The Morgan fingerprint density at radius 3 is 2.95 bits per heavy atom. The molecule has 0 saturated carbocycles. The highest BCUT2D eigenvalue weighted by atomic mass is 32.2. The average Bonchev–Trinajstić information content (AvgIpc) is 2.89. The number of hydrazone groups is 1. The predicted octanol–water partition coefficient (Wildman–Crippen LogP) is 2.13. The maximum absolute atomic E-state index is 11.8. The van der Waals surface area contributed by atoms with Gasteiger partial charge in [0, 0.05) is 28.7 Å². The highest BCUT2D eigenvalue weighted by molar-refractivity contribution is 8.00. The number of nitro groups is 1. The van der Waals surface area contributed by atoms with E-state index in [4.69, 9.17) is 0 Å². The van der Waals surface area contributed by atoms with Crippen molar-refractivity contribution in [2.45, 2.75) is 13.3 Å². The molecule has 1 aromatic carbocycles. The van der Waals surface area contributed by atoms with Crippen LogP contribution in [0.3, 0.4) is 0 Å². The van der Waals surface area contributed by atoms with E-state index in [9.17, 15) is 14.9 Å². The average molecular weight is 279 g/mol. The van der Waals surface area contributed by atoms with E-state index in [0.717, 1.165) is 23.6 Å². The molecule has 1 N–H and O–H groups in total. The van der Waals surface area contributed by atoms with Crippen molar-refractivity contribution in [3.8, 4) is 0 Å². The van der Waals surface area contributed by atoms with E-state index in [-0.39, 0.29) is 11.3 Å². The lowest BCUT2D eigenvalue weighted by Crippen LogP contribution is -2.19. The van der Waals surface area contributed by atoms with Crippen LogP contribution in [0.1, 0.15) is 22.3 Å². The molecule has 1 fully saturated rings. The first kappa shape index (κ1) is 13.5. The minimum absolute atomic E-state index is 0.0586. The molecule has 19 heavy (non-hydrogen) atoms. The standard InChI is InChI=1S/C12H13N3O3S/c1-8-2-3-9(6-11(8)15(17)18)12(16)14-13-10-4-5-19-7-10/h2-3,6H,4-5,7H2,1H3,(H,14,16)/b13-10-. The van der Waals surface area contributed by atoms with Crippen molar-refractivity contribution >= 4 is 29.1 Å². The first-order valence-corrected chi connectivity index (χ1v) is 6.92. The molecule has 1 amide bonds. The van der Waals surface area contributed by atoms with Gasteiger partial charge >= 0.3 is 0 Å². The van der Waals surface area contributed by atoms with Gasteiger partial charge in [0.1, 0.15) is 0 Å². The molecule has 0 bridgehead atoms. The Bertz CT molecular complexity index is 549. The number of nitrogens with one attached hydrogen (secondary N) is 1. The van der Waals surface area contributed by atoms with Gasteiger partial charge in [-0.25, -0.2) is 5.43 Å². The number of carbonyl (C=O) groups excluding carboxylic acids is 1. The Morgan fingerprint density at radius 2 is 2.32 bits per heavy atom. The Hall–Kier alpha value is -1.89. The summed E-state index contributed by atoms with van der Waals surface area (Å²) in [6.07, 6.45) is 0.874. The second-order valence-corrected chi connectivity index (χ2v) is 5.29. The molecule has 7 heteroatoms. The third kappa shape index (κ3) is 3.31. The lowest BCUT2D eigenvalue weighted by molar-refractivity contribution is -0.385. The van der Waals surface area contributed by atoms with Gasteiger partial charge in [0.25, 0.3) is 11.6 Å².